The number of imidazole rings is 1. The Balaban J connectivity index is 1.72. The van der Waals surface area contributed by atoms with Gasteiger partial charge >= 0.3 is 5.69 Å². The van der Waals surface area contributed by atoms with Crippen LogP contribution in [0.25, 0.3) is 16.9 Å². The molecule has 2 aliphatic rings. The van der Waals surface area contributed by atoms with E-state index in [-0.39, 0.29) is 11.6 Å². The standard InChI is InChI=1S/C26H30N4O3/c31-25(28-15-13-27-14-16-28)24-23(21-7-3-1-4-8-21)30(22-9-5-2-6-10-22)26(32)29(24)19-20-11-17-33-18-12-20/h1-10,20,27H,11-19H2. The van der Waals surface area contributed by atoms with Gasteiger partial charge in [-0.3, -0.25) is 13.9 Å². The molecule has 1 amide bonds. The van der Waals surface area contributed by atoms with Gasteiger partial charge in [0.1, 0.15) is 5.69 Å². The fourth-order valence-corrected chi connectivity index (χ4v) is 4.82. The van der Waals surface area contributed by atoms with Crippen LogP contribution in [0.15, 0.2) is 65.5 Å². The zero-order valence-corrected chi connectivity index (χ0v) is 18.8. The van der Waals surface area contributed by atoms with Crippen LogP contribution < -0.4 is 11.0 Å². The summed E-state index contributed by atoms with van der Waals surface area (Å²) in [4.78, 5) is 29.8. The number of nitrogens with zero attached hydrogens (tertiary/aromatic N) is 3. The Hall–Kier alpha value is -3.16. The van der Waals surface area contributed by atoms with Gasteiger partial charge in [-0.05, 0) is 30.9 Å². The first-order valence-corrected chi connectivity index (χ1v) is 11.8. The van der Waals surface area contributed by atoms with E-state index in [4.69, 9.17) is 4.74 Å². The molecule has 0 atom stereocenters. The third-order valence-corrected chi connectivity index (χ3v) is 6.59. The van der Waals surface area contributed by atoms with Gasteiger partial charge in [0.2, 0.25) is 0 Å². The maximum absolute atomic E-state index is 14.0. The van der Waals surface area contributed by atoms with E-state index in [1.54, 1.807) is 9.13 Å². The molecule has 0 aliphatic carbocycles. The predicted octanol–water partition coefficient (Wildman–Crippen LogP) is 2.78. The number of carbonyl (C=O) groups is 1. The SMILES string of the molecule is O=C(c1c(-c2ccccc2)n(-c2ccccc2)c(=O)n1CC1CCOCC1)N1CCNCC1. The van der Waals surface area contributed by atoms with Gasteiger partial charge in [0.15, 0.2) is 0 Å². The maximum Gasteiger partial charge on any atom is 0.333 e. The first-order valence-electron chi connectivity index (χ1n) is 11.8. The fourth-order valence-electron chi connectivity index (χ4n) is 4.82. The van der Waals surface area contributed by atoms with Crippen molar-refractivity contribution in [2.75, 3.05) is 39.4 Å². The van der Waals surface area contributed by atoms with Crippen molar-refractivity contribution in [1.29, 1.82) is 0 Å². The summed E-state index contributed by atoms with van der Waals surface area (Å²) in [6.45, 7) is 4.71. The lowest BCUT2D eigenvalue weighted by Crippen LogP contribution is -2.47. The van der Waals surface area contributed by atoms with Crippen LogP contribution >= 0.6 is 0 Å². The van der Waals surface area contributed by atoms with E-state index in [9.17, 15) is 9.59 Å². The van der Waals surface area contributed by atoms with Gasteiger partial charge in [0.25, 0.3) is 5.91 Å². The van der Waals surface area contributed by atoms with Crippen molar-refractivity contribution in [3.63, 3.8) is 0 Å². The van der Waals surface area contributed by atoms with Gasteiger partial charge < -0.3 is 15.0 Å². The van der Waals surface area contributed by atoms with Crippen molar-refractivity contribution in [1.82, 2.24) is 19.4 Å². The van der Waals surface area contributed by atoms with Gasteiger partial charge in [-0.2, -0.15) is 0 Å². The molecule has 3 aromatic rings. The zero-order valence-electron chi connectivity index (χ0n) is 18.8. The molecular weight excluding hydrogens is 416 g/mol. The van der Waals surface area contributed by atoms with E-state index in [2.05, 4.69) is 5.32 Å². The number of rotatable bonds is 5. The lowest BCUT2D eigenvalue weighted by molar-refractivity contribution is 0.0596. The molecule has 1 aromatic heterocycles. The third-order valence-electron chi connectivity index (χ3n) is 6.59. The van der Waals surface area contributed by atoms with Crippen molar-refractivity contribution in [3.05, 3.63) is 76.8 Å². The van der Waals surface area contributed by atoms with Gasteiger partial charge in [-0.25, -0.2) is 4.79 Å². The second kappa shape index (κ2) is 9.77. The van der Waals surface area contributed by atoms with E-state index >= 15 is 0 Å². The van der Waals surface area contributed by atoms with Crippen molar-refractivity contribution in [3.8, 4) is 16.9 Å². The van der Waals surface area contributed by atoms with Crippen LogP contribution in [0.2, 0.25) is 0 Å². The van der Waals surface area contributed by atoms with Crippen LogP contribution in [0.5, 0.6) is 0 Å². The summed E-state index contributed by atoms with van der Waals surface area (Å²) < 4.78 is 8.98. The average Bonchev–Trinajstić information content (AvgIpc) is 3.17. The first kappa shape index (κ1) is 21.7. The van der Waals surface area contributed by atoms with Crippen LogP contribution in [0.1, 0.15) is 23.3 Å². The number of ether oxygens (including phenoxy) is 1. The number of aromatic nitrogens is 2. The molecule has 0 spiro atoms. The molecule has 5 rings (SSSR count). The first-order chi connectivity index (χ1) is 16.2. The van der Waals surface area contributed by atoms with Gasteiger partial charge in [0.05, 0.1) is 11.4 Å². The second-order valence-electron chi connectivity index (χ2n) is 8.73. The molecule has 2 saturated heterocycles. The number of para-hydroxylation sites is 1. The molecule has 0 radical (unpaired) electrons. The number of hydrogen-bond acceptors (Lipinski definition) is 4. The Kier molecular flexibility index (Phi) is 6.41. The Morgan fingerprint density at radius 3 is 2.24 bits per heavy atom. The Labute approximate surface area is 193 Å². The maximum atomic E-state index is 14.0. The summed E-state index contributed by atoms with van der Waals surface area (Å²) in [5, 5.41) is 3.31. The lowest BCUT2D eigenvalue weighted by atomic mass is 10.00. The lowest BCUT2D eigenvalue weighted by Gasteiger charge is -2.29. The zero-order chi connectivity index (χ0) is 22.6. The smallest absolute Gasteiger partial charge is 0.333 e. The molecule has 0 unspecified atom stereocenters. The summed E-state index contributed by atoms with van der Waals surface area (Å²) in [5.41, 5.74) is 2.62. The summed E-state index contributed by atoms with van der Waals surface area (Å²) in [6.07, 6.45) is 1.79. The summed E-state index contributed by atoms with van der Waals surface area (Å²) >= 11 is 0. The fraction of sp³-hybridized carbons (Fsp3) is 0.385. The van der Waals surface area contributed by atoms with Crippen molar-refractivity contribution >= 4 is 5.91 Å². The van der Waals surface area contributed by atoms with Crippen LogP contribution in [0.3, 0.4) is 0 Å². The van der Waals surface area contributed by atoms with E-state index in [1.807, 2.05) is 65.6 Å². The van der Waals surface area contributed by atoms with E-state index < -0.39 is 0 Å². The number of piperazine rings is 1. The molecule has 7 heteroatoms. The molecule has 3 heterocycles. The summed E-state index contributed by atoms with van der Waals surface area (Å²) in [5.74, 6) is 0.232. The minimum atomic E-state index is -0.162. The molecule has 2 aromatic carbocycles. The molecule has 0 saturated carbocycles. The minimum absolute atomic E-state index is 0.0748. The highest BCUT2D eigenvalue weighted by Crippen LogP contribution is 2.29. The van der Waals surface area contributed by atoms with Crippen LogP contribution in [0.4, 0.5) is 0 Å². The number of hydrogen-bond donors (Lipinski definition) is 1. The largest absolute Gasteiger partial charge is 0.381 e. The Bertz CT molecular complexity index is 1140. The predicted molar refractivity (Wildman–Crippen MR) is 128 cm³/mol. The number of amides is 1. The van der Waals surface area contributed by atoms with Crippen molar-refractivity contribution in [2.45, 2.75) is 19.4 Å². The highest BCUT2D eigenvalue weighted by molar-refractivity contribution is 5.99. The molecule has 33 heavy (non-hydrogen) atoms. The van der Waals surface area contributed by atoms with E-state index in [0.717, 1.165) is 37.2 Å². The number of benzene rings is 2. The molecule has 7 nitrogen and oxygen atoms in total. The molecular formula is C26H30N4O3. The van der Waals surface area contributed by atoms with Gasteiger partial charge in [-0.1, -0.05) is 48.5 Å². The van der Waals surface area contributed by atoms with Crippen LogP contribution in [0, 0.1) is 5.92 Å². The second-order valence-corrected chi connectivity index (χ2v) is 8.73. The van der Waals surface area contributed by atoms with Crippen molar-refractivity contribution in [2.24, 2.45) is 5.92 Å². The average molecular weight is 447 g/mol. The van der Waals surface area contributed by atoms with Crippen LogP contribution in [-0.2, 0) is 11.3 Å². The molecule has 2 fully saturated rings. The molecule has 2 aliphatic heterocycles. The molecule has 0 bridgehead atoms. The summed E-state index contributed by atoms with van der Waals surface area (Å²) in [7, 11) is 0. The molecule has 1 N–H and O–H groups in total. The number of carbonyl (C=O) groups excluding carboxylic acids is 1. The third kappa shape index (κ3) is 4.38. The van der Waals surface area contributed by atoms with Gasteiger partial charge in [0, 0.05) is 51.5 Å². The number of nitrogens with one attached hydrogen (secondary N) is 1. The quantitative estimate of drug-likeness (QED) is 0.655. The normalized spacial score (nSPS) is 17.3. The highest BCUT2D eigenvalue weighted by atomic mass is 16.5. The van der Waals surface area contributed by atoms with E-state index in [1.165, 1.54) is 0 Å². The van der Waals surface area contributed by atoms with Gasteiger partial charge in [-0.15, -0.1) is 0 Å². The highest BCUT2D eigenvalue weighted by Gasteiger charge is 2.31. The van der Waals surface area contributed by atoms with Crippen molar-refractivity contribution < 1.29 is 9.53 Å². The minimum Gasteiger partial charge on any atom is -0.381 e. The Morgan fingerprint density at radius 2 is 1.58 bits per heavy atom. The summed E-state index contributed by atoms with van der Waals surface area (Å²) in [6, 6.07) is 19.4. The Morgan fingerprint density at radius 1 is 0.939 bits per heavy atom. The topological polar surface area (TPSA) is 68.5 Å². The van der Waals surface area contributed by atoms with Crippen LogP contribution in [-0.4, -0.2) is 59.3 Å². The van der Waals surface area contributed by atoms with E-state index in [0.29, 0.717) is 50.2 Å². The molecule has 172 valence electrons. The monoisotopic (exact) mass is 446 g/mol.